The van der Waals surface area contributed by atoms with Gasteiger partial charge in [0.1, 0.15) is 17.2 Å². The predicted molar refractivity (Wildman–Crippen MR) is 124 cm³/mol. The third kappa shape index (κ3) is 8.11. The van der Waals surface area contributed by atoms with E-state index in [4.69, 9.17) is 11.5 Å². The first-order valence-corrected chi connectivity index (χ1v) is 12.1. The van der Waals surface area contributed by atoms with Gasteiger partial charge in [-0.2, -0.15) is 0 Å². The molecule has 0 aliphatic carbocycles. The number of sulfonamides is 1. The Morgan fingerprint density at radius 1 is 1.12 bits per heavy atom. The van der Waals surface area contributed by atoms with Crippen molar-refractivity contribution < 1.29 is 27.9 Å². The van der Waals surface area contributed by atoms with Crippen molar-refractivity contribution in [3.63, 3.8) is 0 Å². The molecule has 0 spiro atoms. The number of aliphatic carboxylic acids is 1. The standard InChI is InChI=1S/C19H26N6O6S2/c1-11(26)23-12-4-6-13(7-5-12)33(30,31)25-14-8-10-32-16(14)17(27)24-15(18(28)29)3-2-9-22-19(20)21/h4-8,10,15,19,22,25H,2-3,9,20-21H2,1H3,(H,23,26)(H,24,27)(H,28,29)/t15-/m0/s1. The van der Waals surface area contributed by atoms with Crippen molar-refractivity contribution in [2.24, 2.45) is 11.5 Å². The van der Waals surface area contributed by atoms with Gasteiger partial charge in [-0.1, -0.05) is 0 Å². The Hall–Kier alpha value is -3.04. The van der Waals surface area contributed by atoms with Gasteiger partial charge >= 0.3 is 5.97 Å². The van der Waals surface area contributed by atoms with Crippen LogP contribution in [0.3, 0.4) is 0 Å². The number of amides is 2. The molecule has 180 valence electrons. The van der Waals surface area contributed by atoms with Gasteiger partial charge in [-0.25, -0.2) is 13.2 Å². The lowest BCUT2D eigenvalue weighted by Gasteiger charge is -2.16. The van der Waals surface area contributed by atoms with Crippen LogP contribution in [0, 0.1) is 0 Å². The molecule has 9 N–H and O–H groups in total. The number of anilines is 2. The molecule has 2 amide bonds. The molecule has 0 bridgehead atoms. The van der Waals surface area contributed by atoms with Gasteiger partial charge in [0, 0.05) is 12.6 Å². The van der Waals surface area contributed by atoms with Crippen LogP contribution < -0.4 is 32.1 Å². The maximum atomic E-state index is 12.7. The monoisotopic (exact) mass is 498 g/mol. The lowest BCUT2D eigenvalue weighted by molar-refractivity contribution is -0.139. The number of carboxylic acids is 1. The van der Waals surface area contributed by atoms with E-state index in [2.05, 4.69) is 20.7 Å². The van der Waals surface area contributed by atoms with Gasteiger partial charge in [0.15, 0.2) is 0 Å². The first-order valence-electron chi connectivity index (χ1n) is 9.76. The summed E-state index contributed by atoms with van der Waals surface area (Å²) < 4.78 is 27.8. The molecule has 14 heteroatoms. The molecule has 0 radical (unpaired) electrons. The SMILES string of the molecule is CC(=O)Nc1ccc(S(=O)(=O)Nc2ccsc2C(=O)N[C@@H](CCCNC(N)N)C(=O)O)cc1. The van der Waals surface area contributed by atoms with Crippen molar-refractivity contribution in [2.75, 3.05) is 16.6 Å². The molecule has 1 aromatic heterocycles. The molecule has 1 heterocycles. The van der Waals surface area contributed by atoms with Crippen molar-refractivity contribution in [2.45, 2.75) is 37.0 Å². The summed E-state index contributed by atoms with van der Waals surface area (Å²) in [6.45, 7) is 1.69. The van der Waals surface area contributed by atoms with E-state index in [9.17, 15) is 27.9 Å². The number of carboxylic acid groups (broad SMARTS) is 1. The average molecular weight is 499 g/mol. The first-order chi connectivity index (χ1) is 15.5. The molecular weight excluding hydrogens is 472 g/mol. The molecule has 0 fully saturated rings. The van der Waals surface area contributed by atoms with E-state index in [1.165, 1.54) is 42.6 Å². The van der Waals surface area contributed by atoms with Crippen molar-refractivity contribution >= 4 is 50.5 Å². The molecule has 1 atom stereocenters. The lowest BCUT2D eigenvalue weighted by Crippen LogP contribution is -2.46. The van der Waals surface area contributed by atoms with Crippen LogP contribution in [0.1, 0.15) is 29.4 Å². The van der Waals surface area contributed by atoms with Crippen molar-refractivity contribution in [3.05, 3.63) is 40.6 Å². The minimum atomic E-state index is -4.04. The summed E-state index contributed by atoms with van der Waals surface area (Å²) in [6.07, 6.45) is -0.222. The normalized spacial score (nSPS) is 12.2. The van der Waals surface area contributed by atoms with Gasteiger partial charge in [0.25, 0.3) is 15.9 Å². The Balaban J connectivity index is 2.08. The fourth-order valence-corrected chi connectivity index (χ4v) is 4.63. The fraction of sp³-hybridized carbons (Fsp3) is 0.316. The van der Waals surface area contributed by atoms with Crippen LogP contribution >= 0.6 is 11.3 Å². The van der Waals surface area contributed by atoms with E-state index in [0.29, 0.717) is 18.7 Å². The molecule has 1 aromatic carbocycles. The topological polar surface area (TPSA) is 206 Å². The summed E-state index contributed by atoms with van der Waals surface area (Å²) in [5, 5.41) is 18.6. The largest absolute Gasteiger partial charge is 0.480 e. The quantitative estimate of drug-likeness (QED) is 0.158. The van der Waals surface area contributed by atoms with Gasteiger partial charge < -0.3 is 27.2 Å². The highest BCUT2D eigenvalue weighted by atomic mass is 32.2. The number of nitrogens with two attached hydrogens (primary N) is 2. The first kappa shape index (κ1) is 26.2. The van der Waals surface area contributed by atoms with Crippen LogP contribution in [0.25, 0.3) is 0 Å². The van der Waals surface area contributed by atoms with Crippen LogP contribution in [0.15, 0.2) is 40.6 Å². The maximum absolute atomic E-state index is 12.7. The lowest BCUT2D eigenvalue weighted by atomic mass is 10.1. The second-order valence-corrected chi connectivity index (χ2v) is 9.56. The smallest absolute Gasteiger partial charge is 0.326 e. The minimum Gasteiger partial charge on any atom is -0.480 e. The zero-order chi connectivity index (χ0) is 24.6. The third-order valence-electron chi connectivity index (χ3n) is 4.25. The molecule has 0 saturated carbocycles. The summed E-state index contributed by atoms with van der Waals surface area (Å²) in [5.74, 6) is -2.24. The minimum absolute atomic E-state index is 0.0156. The number of carbonyl (C=O) groups is 3. The van der Waals surface area contributed by atoms with Crippen molar-refractivity contribution in [3.8, 4) is 0 Å². The second kappa shape index (κ2) is 11.7. The summed E-state index contributed by atoms with van der Waals surface area (Å²) in [4.78, 5) is 35.2. The fourth-order valence-electron chi connectivity index (χ4n) is 2.75. The predicted octanol–water partition coefficient (Wildman–Crippen LogP) is 0.261. The number of hydrogen-bond donors (Lipinski definition) is 7. The van der Waals surface area contributed by atoms with Gasteiger partial charge in [-0.3, -0.25) is 19.6 Å². The molecule has 0 aliphatic heterocycles. The van der Waals surface area contributed by atoms with Crippen LogP contribution in [0.4, 0.5) is 11.4 Å². The van der Waals surface area contributed by atoms with Gasteiger partial charge in [0.2, 0.25) is 5.91 Å². The highest BCUT2D eigenvalue weighted by molar-refractivity contribution is 7.92. The van der Waals surface area contributed by atoms with Gasteiger partial charge in [0.05, 0.1) is 10.6 Å². The number of nitrogens with one attached hydrogen (secondary N) is 4. The molecule has 0 saturated heterocycles. The van der Waals surface area contributed by atoms with Crippen molar-refractivity contribution in [1.82, 2.24) is 10.6 Å². The molecule has 12 nitrogen and oxygen atoms in total. The van der Waals surface area contributed by atoms with E-state index in [1.807, 2.05) is 0 Å². The number of rotatable bonds is 12. The Morgan fingerprint density at radius 3 is 2.36 bits per heavy atom. The maximum Gasteiger partial charge on any atom is 0.326 e. The van der Waals surface area contributed by atoms with E-state index in [0.717, 1.165) is 11.3 Å². The van der Waals surface area contributed by atoms with Gasteiger partial charge in [-0.15, -0.1) is 11.3 Å². The molecule has 0 aliphatic rings. The third-order valence-corrected chi connectivity index (χ3v) is 6.55. The zero-order valence-electron chi connectivity index (χ0n) is 17.7. The Morgan fingerprint density at radius 2 is 1.79 bits per heavy atom. The van der Waals surface area contributed by atoms with Crippen LogP contribution in [-0.2, 0) is 19.6 Å². The Labute approximate surface area is 194 Å². The number of carbonyl (C=O) groups excluding carboxylic acids is 2. The van der Waals surface area contributed by atoms with Crippen LogP contribution in [-0.4, -0.2) is 50.2 Å². The van der Waals surface area contributed by atoms with Gasteiger partial charge in [-0.05, 0) is 55.1 Å². The Bertz CT molecular complexity index is 1080. The average Bonchev–Trinajstić information content (AvgIpc) is 3.17. The molecule has 0 unspecified atom stereocenters. The summed E-state index contributed by atoms with van der Waals surface area (Å²) in [5.41, 5.74) is 11.2. The number of thiophene rings is 1. The second-order valence-electron chi connectivity index (χ2n) is 6.96. The van der Waals surface area contributed by atoms with E-state index in [1.54, 1.807) is 0 Å². The van der Waals surface area contributed by atoms with Crippen LogP contribution in [0.2, 0.25) is 0 Å². The van der Waals surface area contributed by atoms with E-state index < -0.39 is 34.2 Å². The molecule has 2 aromatic rings. The van der Waals surface area contributed by atoms with Crippen molar-refractivity contribution in [1.29, 1.82) is 0 Å². The summed E-state index contributed by atoms with van der Waals surface area (Å²) in [7, 11) is -4.04. The Kier molecular flexibility index (Phi) is 9.31. The molecular formula is C19H26N6O6S2. The van der Waals surface area contributed by atoms with E-state index >= 15 is 0 Å². The molecule has 2 rings (SSSR count). The summed E-state index contributed by atoms with van der Waals surface area (Å²) in [6, 6.07) is 5.71. The highest BCUT2D eigenvalue weighted by Gasteiger charge is 2.24. The number of benzene rings is 1. The van der Waals surface area contributed by atoms with Crippen LogP contribution in [0.5, 0.6) is 0 Å². The highest BCUT2D eigenvalue weighted by Crippen LogP contribution is 2.26. The zero-order valence-corrected chi connectivity index (χ0v) is 19.3. The van der Waals surface area contributed by atoms with E-state index in [-0.39, 0.29) is 27.8 Å². The summed E-state index contributed by atoms with van der Waals surface area (Å²) >= 11 is 0.964. The molecule has 33 heavy (non-hydrogen) atoms. The number of hydrogen-bond acceptors (Lipinski definition) is 9.